The van der Waals surface area contributed by atoms with E-state index in [1.807, 2.05) is 24.3 Å². The summed E-state index contributed by atoms with van der Waals surface area (Å²) in [6, 6.07) is 12.8. The van der Waals surface area contributed by atoms with Crippen LogP contribution in [0.3, 0.4) is 0 Å². The molecule has 0 aliphatic heterocycles. The Hall–Kier alpha value is -1.70. The van der Waals surface area contributed by atoms with Crippen molar-refractivity contribution in [2.75, 3.05) is 29.9 Å². The lowest BCUT2D eigenvalue weighted by Crippen LogP contribution is -2.29. The second-order valence-electron chi connectivity index (χ2n) is 6.12. The summed E-state index contributed by atoms with van der Waals surface area (Å²) >= 11 is 7.59. The molecule has 2 aromatic rings. The first-order valence-electron chi connectivity index (χ1n) is 8.34. The maximum Gasteiger partial charge on any atom is 0.251 e. The van der Waals surface area contributed by atoms with Gasteiger partial charge in [-0.3, -0.25) is 9.10 Å². The molecule has 2 rings (SSSR count). The monoisotopic (exact) mass is 426 g/mol. The van der Waals surface area contributed by atoms with Gasteiger partial charge in [0, 0.05) is 35.7 Å². The van der Waals surface area contributed by atoms with Crippen molar-refractivity contribution in [3.8, 4) is 0 Å². The largest absolute Gasteiger partial charge is 0.351 e. The van der Waals surface area contributed by atoms with Crippen molar-refractivity contribution < 1.29 is 13.2 Å². The van der Waals surface area contributed by atoms with Gasteiger partial charge in [0.1, 0.15) is 0 Å². The van der Waals surface area contributed by atoms with Gasteiger partial charge in [0.05, 0.1) is 11.9 Å². The second-order valence-corrected chi connectivity index (χ2v) is 9.67. The van der Waals surface area contributed by atoms with Crippen LogP contribution in [0.15, 0.2) is 42.5 Å². The highest BCUT2D eigenvalue weighted by molar-refractivity contribution is 7.98. The first kappa shape index (κ1) is 21.6. The SMILES string of the molecule is Cc1c(C(=O)NCCSCc2ccc(Cl)cc2)cccc1N(C)S(C)(=O)=O. The van der Waals surface area contributed by atoms with Crippen molar-refractivity contribution in [3.63, 3.8) is 0 Å². The Labute approximate surface area is 170 Å². The maximum atomic E-state index is 12.5. The standard InChI is InChI=1S/C19H23ClN2O3S2/c1-14-17(5-4-6-18(14)22(2)27(3,24)25)19(23)21-11-12-26-13-15-7-9-16(20)10-8-15/h4-10H,11-13H2,1-3H3,(H,21,23). The molecule has 0 fully saturated rings. The molecule has 1 N–H and O–H groups in total. The van der Waals surface area contributed by atoms with Crippen molar-refractivity contribution in [2.24, 2.45) is 0 Å². The van der Waals surface area contributed by atoms with Crippen LogP contribution >= 0.6 is 23.4 Å². The highest BCUT2D eigenvalue weighted by Gasteiger charge is 2.18. The van der Waals surface area contributed by atoms with Crippen LogP contribution in [-0.2, 0) is 15.8 Å². The Kier molecular flexibility index (Phi) is 7.59. The van der Waals surface area contributed by atoms with Crippen LogP contribution in [0.25, 0.3) is 0 Å². The van der Waals surface area contributed by atoms with Crippen molar-refractivity contribution in [3.05, 3.63) is 64.2 Å². The Balaban J connectivity index is 1.89. The fraction of sp³-hybridized carbons (Fsp3) is 0.316. The van der Waals surface area contributed by atoms with Crippen LogP contribution in [0, 0.1) is 6.92 Å². The van der Waals surface area contributed by atoms with E-state index in [0.29, 0.717) is 23.4 Å². The van der Waals surface area contributed by atoms with Crippen LogP contribution in [0.1, 0.15) is 21.5 Å². The van der Waals surface area contributed by atoms with Crippen molar-refractivity contribution in [1.82, 2.24) is 5.32 Å². The zero-order valence-electron chi connectivity index (χ0n) is 15.5. The summed E-state index contributed by atoms with van der Waals surface area (Å²) in [6.07, 6.45) is 1.14. The minimum Gasteiger partial charge on any atom is -0.351 e. The molecule has 0 bridgehead atoms. The molecule has 146 valence electrons. The topological polar surface area (TPSA) is 66.5 Å². The number of halogens is 1. The highest BCUT2D eigenvalue weighted by atomic mass is 35.5. The van der Waals surface area contributed by atoms with Crippen LogP contribution in [0.5, 0.6) is 0 Å². The van der Waals surface area contributed by atoms with Crippen molar-refractivity contribution in [2.45, 2.75) is 12.7 Å². The molecule has 0 aromatic heterocycles. The van der Waals surface area contributed by atoms with Gasteiger partial charge in [-0.05, 0) is 42.3 Å². The summed E-state index contributed by atoms with van der Waals surface area (Å²) in [5.74, 6) is 1.42. The molecule has 0 aliphatic carbocycles. The van der Waals surface area contributed by atoms with E-state index in [1.54, 1.807) is 36.9 Å². The molecule has 0 aliphatic rings. The normalized spacial score (nSPS) is 11.3. The average molecular weight is 427 g/mol. The van der Waals surface area contributed by atoms with Gasteiger partial charge in [0.15, 0.2) is 0 Å². The third-order valence-corrected chi connectivity index (χ3v) is 6.57. The number of hydrogen-bond donors (Lipinski definition) is 1. The molecule has 0 atom stereocenters. The van der Waals surface area contributed by atoms with Crippen LogP contribution in [0.2, 0.25) is 5.02 Å². The number of carbonyl (C=O) groups is 1. The first-order valence-corrected chi connectivity index (χ1v) is 11.7. The maximum absolute atomic E-state index is 12.5. The van der Waals surface area contributed by atoms with Gasteiger partial charge in [0.2, 0.25) is 10.0 Å². The Morgan fingerprint density at radius 1 is 1.19 bits per heavy atom. The molecule has 0 saturated heterocycles. The lowest BCUT2D eigenvalue weighted by atomic mass is 10.1. The lowest BCUT2D eigenvalue weighted by molar-refractivity contribution is 0.0955. The van der Waals surface area contributed by atoms with Crippen LogP contribution in [0.4, 0.5) is 5.69 Å². The number of anilines is 1. The molecule has 0 spiro atoms. The highest BCUT2D eigenvalue weighted by Crippen LogP contribution is 2.24. The molecule has 1 amide bonds. The minimum absolute atomic E-state index is 0.205. The summed E-state index contributed by atoms with van der Waals surface area (Å²) in [6.45, 7) is 2.28. The van der Waals surface area contributed by atoms with Gasteiger partial charge < -0.3 is 5.32 Å². The van der Waals surface area contributed by atoms with Gasteiger partial charge in [0.25, 0.3) is 5.91 Å². The van der Waals surface area contributed by atoms with Crippen molar-refractivity contribution >= 4 is 45.0 Å². The van der Waals surface area contributed by atoms with Gasteiger partial charge >= 0.3 is 0 Å². The smallest absolute Gasteiger partial charge is 0.251 e. The van der Waals surface area contributed by atoms with E-state index in [4.69, 9.17) is 11.6 Å². The molecule has 0 unspecified atom stereocenters. The Bertz CT molecular complexity index is 900. The minimum atomic E-state index is -3.38. The Morgan fingerprint density at radius 3 is 2.48 bits per heavy atom. The van der Waals surface area contributed by atoms with Gasteiger partial charge in [-0.25, -0.2) is 8.42 Å². The molecular weight excluding hydrogens is 404 g/mol. The van der Waals surface area contributed by atoms with Gasteiger partial charge in [-0.15, -0.1) is 0 Å². The number of sulfonamides is 1. The quantitative estimate of drug-likeness (QED) is 0.653. The van der Waals surface area contributed by atoms with E-state index in [9.17, 15) is 13.2 Å². The third-order valence-electron chi connectivity index (χ3n) is 4.10. The lowest BCUT2D eigenvalue weighted by Gasteiger charge is -2.20. The first-order chi connectivity index (χ1) is 12.7. The van der Waals surface area contributed by atoms with Crippen molar-refractivity contribution in [1.29, 1.82) is 0 Å². The number of amides is 1. The number of carbonyl (C=O) groups excluding carboxylic acids is 1. The molecule has 5 nitrogen and oxygen atoms in total. The number of nitrogens with zero attached hydrogens (tertiary/aromatic N) is 1. The van der Waals surface area contributed by atoms with E-state index in [-0.39, 0.29) is 5.91 Å². The van der Waals surface area contributed by atoms with E-state index >= 15 is 0 Å². The molecule has 8 heteroatoms. The van der Waals surface area contributed by atoms with Crippen LogP contribution in [-0.4, -0.2) is 39.9 Å². The number of benzene rings is 2. The number of hydrogen-bond acceptors (Lipinski definition) is 4. The summed E-state index contributed by atoms with van der Waals surface area (Å²) in [7, 11) is -1.91. The number of thioether (sulfide) groups is 1. The predicted octanol–water partition coefficient (Wildman–Crippen LogP) is 3.71. The number of rotatable bonds is 8. The van der Waals surface area contributed by atoms with E-state index in [1.165, 1.54) is 16.9 Å². The fourth-order valence-corrected chi connectivity index (χ4v) is 3.99. The molecule has 2 aromatic carbocycles. The summed E-state index contributed by atoms with van der Waals surface area (Å²) in [5.41, 5.74) is 2.80. The summed E-state index contributed by atoms with van der Waals surface area (Å²) < 4.78 is 24.7. The molecule has 0 radical (unpaired) electrons. The van der Waals surface area contributed by atoms with Crippen LogP contribution < -0.4 is 9.62 Å². The molecule has 27 heavy (non-hydrogen) atoms. The Morgan fingerprint density at radius 2 is 1.85 bits per heavy atom. The average Bonchev–Trinajstić information content (AvgIpc) is 2.61. The van der Waals surface area contributed by atoms with E-state index in [0.717, 1.165) is 22.8 Å². The summed E-state index contributed by atoms with van der Waals surface area (Å²) in [4.78, 5) is 12.5. The second kappa shape index (κ2) is 9.48. The van der Waals surface area contributed by atoms with Gasteiger partial charge in [-0.2, -0.15) is 11.8 Å². The molecule has 0 saturated carbocycles. The molecular formula is C19H23ClN2O3S2. The van der Waals surface area contributed by atoms with E-state index < -0.39 is 10.0 Å². The zero-order chi connectivity index (χ0) is 20.0. The van der Waals surface area contributed by atoms with Gasteiger partial charge in [-0.1, -0.05) is 29.8 Å². The zero-order valence-corrected chi connectivity index (χ0v) is 17.9. The summed E-state index contributed by atoms with van der Waals surface area (Å²) in [5, 5.41) is 3.61. The molecule has 0 heterocycles. The van der Waals surface area contributed by atoms with E-state index in [2.05, 4.69) is 5.32 Å². The number of nitrogens with one attached hydrogen (secondary N) is 1. The third kappa shape index (κ3) is 6.16. The predicted molar refractivity (Wildman–Crippen MR) is 114 cm³/mol. The fourth-order valence-electron chi connectivity index (χ4n) is 2.49.